The van der Waals surface area contributed by atoms with Gasteiger partial charge < -0.3 is 14.5 Å². The number of hydrogen-bond donors (Lipinski definition) is 0. The number of methoxy groups -OCH3 is 1. The molecule has 0 saturated carbocycles. The van der Waals surface area contributed by atoms with Gasteiger partial charge in [-0.3, -0.25) is 9.59 Å². The molecule has 2 amide bonds. The van der Waals surface area contributed by atoms with Gasteiger partial charge in [0.25, 0.3) is 0 Å². The monoisotopic (exact) mass is 370 g/mol. The fraction of sp³-hybridized carbons (Fsp3) is 0.400. The van der Waals surface area contributed by atoms with Crippen LogP contribution in [-0.2, 0) is 9.59 Å². The maximum Gasteiger partial charge on any atom is 0.228 e. The van der Waals surface area contributed by atoms with Gasteiger partial charge >= 0.3 is 0 Å². The number of anilines is 1. The van der Waals surface area contributed by atoms with Crippen LogP contribution in [0.1, 0.15) is 30.2 Å². The molecular formula is C20H22N2O3S. The van der Waals surface area contributed by atoms with E-state index in [4.69, 9.17) is 4.74 Å². The molecule has 0 aliphatic carbocycles. The summed E-state index contributed by atoms with van der Waals surface area (Å²) >= 11 is 1.70. The third-order valence-electron chi connectivity index (χ3n) is 5.27. The van der Waals surface area contributed by atoms with Crippen LogP contribution in [0.3, 0.4) is 0 Å². The molecule has 2 aliphatic heterocycles. The lowest BCUT2D eigenvalue weighted by atomic mass is 10.1. The summed E-state index contributed by atoms with van der Waals surface area (Å²) in [6.45, 7) is 1.24. The molecule has 2 atom stereocenters. The Bertz CT molecular complexity index is 788. The van der Waals surface area contributed by atoms with Gasteiger partial charge in [-0.2, -0.15) is 0 Å². The predicted octanol–water partition coefficient (Wildman–Crippen LogP) is 3.47. The van der Waals surface area contributed by atoms with Crippen molar-refractivity contribution in [2.75, 3.05) is 25.1 Å². The summed E-state index contributed by atoms with van der Waals surface area (Å²) in [6, 6.07) is 11.7. The van der Waals surface area contributed by atoms with Gasteiger partial charge in [0.15, 0.2) is 0 Å². The molecule has 6 heteroatoms. The van der Waals surface area contributed by atoms with E-state index in [1.54, 1.807) is 23.3 Å². The first-order chi connectivity index (χ1) is 12.7. The van der Waals surface area contributed by atoms with Crippen LogP contribution in [0.25, 0.3) is 0 Å². The van der Waals surface area contributed by atoms with E-state index in [2.05, 4.69) is 11.4 Å². The molecule has 0 N–H and O–H groups in total. The summed E-state index contributed by atoms with van der Waals surface area (Å²) in [5.41, 5.74) is 0.822. The highest BCUT2D eigenvalue weighted by atomic mass is 32.1. The smallest absolute Gasteiger partial charge is 0.228 e. The van der Waals surface area contributed by atoms with Gasteiger partial charge in [-0.1, -0.05) is 6.07 Å². The molecule has 0 spiro atoms. The predicted molar refractivity (Wildman–Crippen MR) is 101 cm³/mol. The third kappa shape index (κ3) is 3.09. The summed E-state index contributed by atoms with van der Waals surface area (Å²) in [6.07, 6.45) is 2.32. The zero-order valence-corrected chi connectivity index (χ0v) is 15.6. The number of thiophene rings is 1. The van der Waals surface area contributed by atoms with Crippen LogP contribution in [0.2, 0.25) is 0 Å². The van der Waals surface area contributed by atoms with Crippen molar-refractivity contribution in [2.24, 2.45) is 5.92 Å². The zero-order valence-electron chi connectivity index (χ0n) is 14.8. The number of ether oxygens (including phenoxy) is 1. The normalized spacial score (nSPS) is 22.9. The molecule has 2 aromatic rings. The SMILES string of the molecule is COc1ccc(N2CC(C(=O)N3CCCC3c3cccs3)CC2=O)cc1. The number of likely N-dealkylation sites (tertiary alicyclic amines) is 1. The maximum absolute atomic E-state index is 13.1. The second kappa shape index (κ2) is 7.11. The Hall–Kier alpha value is -2.34. The standard InChI is InChI=1S/C20H22N2O3S/c1-25-16-8-6-15(7-9-16)22-13-14(12-19(22)23)20(24)21-10-2-4-17(21)18-5-3-11-26-18/h3,5-9,11,14,17H,2,4,10,12-13H2,1H3. The largest absolute Gasteiger partial charge is 0.497 e. The zero-order chi connectivity index (χ0) is 18.1. The minimum absolute atomic E-state index is 0.0142. The van der Waals surface area contributed by atoms with Gasteiger partial charge in [0.05, 0.1) is 19.1 Å². The minimum atomic E-state index is -0.259. The van der Waals surface area contributed by atoms with E-state index in [0.29, 0.717) is 13.0 Å². The van der Waals surface area contributed by atoms with Crippen molar-refractivity contribution in [3.05, 3.63) is 46.7 Å². The maximum atomic E-state index is 13.1. The van der Waals surface area contributed by atoms with Crippen molar-refractivity contribution in [3.63, 3.8) is 0 Å². The highest BCUT2D eigenvalue weighted by molar-refractivity contribution is 7.10. The molecule has 0 bridgehead atoms. The second-order valence-electron chi connectivity index (χ2n) is 6.81. The fourth-order valence-corrected chi connectivity index (χ4v) is 4.80. The van der Waals surface area contributed by atoms with E-state index < -0.39 is 0 Å². The van der Waals surface area contributed by atoms with E-state index in [1.807, 2.05) is 35.2 Å². The molecule has 3 heterocycles. The van der Waals surface area contributed by atoms with Crippen LogP contribution in [-0.4, -0.2) is 36.9 Å². The van der Waals surface area contributed by atoms with E-state index in [1.165, 1.54) is 4.88 Å². The lowest BCUT2D eigenvalue weighted by molar-refractivity contribution is -0.136. The third-order valence-corrected chi connectivity index (χ3v) is 6.24. The summed E-state index contributed by atoms with van der Waals surface area (Å²) in [4.78, 5) is 30.6. The number of amides is 2. The van der Waals surface area contributed by atoms with E-state index in [-0.39, 0.29) is 23.8 Å². The summed E-state index contributed by atoms with van der Waals surface area (Å²) in [5, 5.41) is 2.06. The molecule has 1 aromatic heterocycles. The number of carbonyl (C=O) groups is 2. The quantitative estimate of drug-likeness (QED) is 0.828. The molecule has 1 aromatic carbocycles. The molecule has 2 aliphatic rings. The molecule has 4 rings (SSSR count). The van der Waals surface area contributed by atoms with Gasteiger partial charge in [0.1, 0.15) is 5.75 Å². The van der Waals surface area contributed by atoms with Crippen LogP contribution in [0.4, 0.5) is 5.69 Å². The lowest BCUT2D eigenvalue weighted by Crippen LogP contribution is -2.36. The van der Waals surface area contributed by atoms with Gasteiger partial charge in [0, 0.05) is 30.1 Å². The van der Waals surface area contributed by atoms with Crippen molar-refractivity contribution in [1.29, 1.82) is 0 Å². The Labute approximate surface area is 157 Å². The Balaban J connectivity index is 1.48. The number of hydrogen-bond acceptors (Lipinski definition) is 4. The number of rotatable bonds is 4. The summed E-state index contributed by atoms with van der Waals surface area (Å²) in [7, 11) is 1.62. The number of nitrogens with zero attached hydrogens (tertiary/aromatic N) is 2. The number of carbonyl (C=O) groups excluding carboxylic acids is 2. The van der Waals surface area contributed by atoms with Crippen LogP contribution in [0.5, 0.6) is 5.75 Å². The molecule has 5 nitrogen and oxygen atoms in total. The molecule has 26 heavy (non-hydrogen) atoms. The van der Waals surface area contributed by atoms with Crippen molar-refractivity contribution in [2.45, 2.75) is 25.3 Å². The molecular weight excluding hydrogens is 348 g/mol. The first-order valence-electron chi connectivity index (χ1n) is 8.95. The second-order valence-corrected chi connectivity index (χ2v) is 7.79. The molecule has 2 unspecified atom stereocenters. The average Bonchev–Trinajstić information content (AvgIpc) is 3.41. The molecule has 136 valence electrons. The van der Waals surface area contributed by atoms with Crippen molar-refractivity contribution >= 4 is 28.8 Å². The van der Waals surface area contributed by atoms with Crippen LogP contribution in [0, 0.1) is 5.92 Å². The fourth-order valence-electron chi connectivity index (χ4n) is 3.93. The Kier molecular flexibility index (Phi) is 4.68. The van der Waals surface area contributed by atoms with Gasteiger partial charge in [0.2, 0.25) is 11.8 Å². The highest BCUT2D eigenvalue weighted by Crippen LogP contribution is 2.37. The first-order valence-corrected chi connectivity index (χ1v) is 9.83. The van der Waals surface area contributed by atoms with Crippen molar-refractivity contribution in [3.8, 4) is 5.75 Å². The van der Waals surface area contributed by atoms with Crippen molar-refractivity contribution in [1.82, 2.24) is 4.90 Å². The van der Waals surface area contributed by atoms with E-state index in [9.17, 15) is 9.59 Å². The van der Waals surface area contributed by atoms with E-state index >= 15 is 0 Å². The van der Waals surface area contributed by atoms with Gasteiger partial charge in [-0.25, -0.2) is 0 Å². The summed E-state index contributed by atoms with van der Waals surface area (Å²) < 4.78 is 5.17. The highest BCUT2D eigenvalue weighted by Gasteiger charge is 2.40. The summed E-state index contributed by atoms with van der Waals surface area (Å²) in [5.74, 6) is 0.625. The molecule has 0 radical (unpaired) electrons. The topological polar surface area (TPSA) is 49.9 Å². The molecule has 2 fully saturated rings. The van der Waals surface area contributed by atoms with Crippen LogP contribution >= 0.6 is 11.3 Å². The van der Waals surface area contributed by atoms with Crippen LogP contribution < -0.4 is 9.64 Å². The van der Waals surface area contributed by atoms with Gasteiger partial charge in [-0.15, -0.1) is 11.3 Å². The Morgan fingerprint density at radius 1 is 1.23 bits per heavy atom. The van der Waals surface area contributed by atoms with E-state index in [0.717, 1.165) is 30.8 Å². The minimum Gasteiger partial charge on any atom is -0.497 e. The van der Waals surface area contributed by atoms with Gasteiger partial charge in [-0.05, 0) is 48.6 Å². The Morgan fingerprint density at radius 3 is 2.73 bits per heavy atom. The first kappa shape index (κ1) is 17.1. The average molecular weight is 370 g/mol. The van der Waals surface area contributed by atoms with Crippen LogP contribution in [0.15, 0.2) is 41.8 Å². The van der Waals surface area contributed by atoms with Crippen molar-refractivity contribution < 1.29 is 14.3 Å². The number of benzene rings is 1. The Morgan fingerprint density at radius 2 is 2.04 bits per heavy atom. The lowest BCUT2D eigenvalue weighted by Gasteiger charge is -2.26. The molecule has 2 saturated heterocycles.